The monoisotopic (exact) mass is 278 g/mol. The highest BCUT2D eigenvalue weighted by Gasteiger charge is 2.09. The van der Waals surface area contributed by atoms with Crippen LogP contribution in [0.2, 0.25) is 5.02 Å². The Morgan fingerprint density at radius 1 is 1.22 bits per heavy atom. The Morgan fingerprint density at radius 2 is 2.06 bits per heavy atom. The molecule has 2 aromatic heterocycles. The van der Waals surface area contributed by atoms with Crippen LogP contribution in [0.25, 0.3) is 16.9 Å². The van der Waals surface area contributed by atoms with E-state index in [0.29, 0.717) is 16.7 Å². The molecule has 0 aliphatic rings. The number of benzene rings is 1. The highest BCUT2D eigenvalue weighted by molar-refractivity contribution is 6.32. The topological polar surface area (TPSA) is 43.6 Å². The lowest BCUT2D eigenvalue weighted by Crippen LogP contribution is -2.00. The van der Waals surface area contributed by atoms with Crippen molar-refractivity contribution in [2.45, 2.75) is 5.88 Å². The Balaban J connectivity index is 2.20. The summed E-state index contributed by atoms with van der Waals surface area (Å²) < 4.78 is 1.67. The summed E-state index contributed by atoms with van der Waals surface area (Å²) in [5.74, 6) is 0.991. The molecule has 0 unspecified atom stereocenters. The Morgan fingerprint density at radius 3 is 2.89 bits per heavy atom. The van der Waals surface area contributed by atoms with Gasteiger partial charge in [0, 0.05) is 12.1 Å². The van der Waals surface area contributed by atoms with E-state index in [4.69, 9.17) is 23.2 Å². The van der Waals surface area contributed by atoms with Gasteiger partial charge in [-0.3, -0.25) is 0 Å². The molecular formula is C12H8Cl2N4. The van der Waals surface area contributed by atoms with Crippen LogP contribution in [0.4, 0.5) is 0 Å². The lowest BCUT2D eigenvalue weighted by atomic mass is 10.3. The lowest BCUT2D eigenvalue weighted by Gasteiger charge is -2.04. The third-order valence-corrected chi connectivity index (χ3v) is 3.26. The van der Waals surface area contributed by atoms with Crippen LogP contribution in [0.1, 0.15) is 5.56 Å². The average molecular weight is 279 g/mol. The molecule has 0 spiro atoms. The summed E-state index contributed by atoms with van der Waals surface area (Å²) in [6.45, 7) is 0. The molecule has 4 nitrogen and oxygen atoms in total. The van der Waals surface area contributed by atoms with Crippen molar-refractivity contribution in [1.29, 1.82) is 0 Å². The van der Waals surface area contributed by atoms with Crippen LogP contribution in [-0.4, -0.2) is 20.0 Å². The molecule has 90 valence electrons. The van der Waals surface area contributed by atoms with E-state index in [1.165, 1.54) is 0 Å². The molecule has 2 heterocycles. The maximum absolute atomic E-state index is 5.98. The molecule has 0 amide bonds. The molecule has 0 bridgehead atoms. The van der Waals surface area contributed by atoms with E-state index in [9.17, 15) is 0 Å². The van der Waals surface area contributed by atoms with Crippen molar-refractivity contribution < 1.29 is 0 Å². The number of rotatable bonds is 2. The van der Waals surface area contributed by atoms with Crippen LogP contribution in [-0.2, 0) is 5.88 Å². The number of fused-ring (bicyclic) bond motifs is 1. The fourth-order valence-electron chi connectivity index (χ4n) is 1.72. The smallest absolute Gasteiger partial charge is 0.156 e. The Hall–Kier alpha value is -1.65. The third kappa shape index (κ3) is 1.83. The maximum Gasteiger partial charge on any atom is 0.156 e. The standard InChI is InChI=1S/C12H8Cl2N4/c13-6-8-5-12(15-7-9(8)14)18-11-4-2-1-3-10(11)16-17-18/h1-5,7H,6H2. The van der Waals surface area contributed by atoms with Crippen LogP contribution in [0.5, 0.6) is 0 Å². The first-order chi connectivity index (χ1) is 8.79. The predicted molar refractivity (Wildman–Crippen MR) is 71.2 cm³/mol. The van der Waals surface area contributed by atoms with Crippen molar-refractivity contribution in [1.82, 2.24) is 20.0 Å². The van der Waals surface area contributed by atoms with E-state index >= 15 is 0 Å². The summed E-state index contributed by atoms with van der Waals surface area (Å²) in [7, 11) is 0. The van der Waals surface area contributed by atoms with Gasteiger partial charge in [-0.15, -0.1) is 16.7 Å². The van der Waals surface area contributed by atoms with E-state index in [2.05, 4.69) is 15.3 Å². The predicted octanol–water partition coefficient (Wildman–Crippen LogP) is 3.21. The molecule has 0 radical (unpaired) electrons. The van der Waals surface area contributed by atoms with Crippen molar-refractivity contribution >= 4 is 34.2 Å². The first kappa shape index (κ1) is 11.4. The molecule has 0 aliphatic heterocycles. The van der Waals surface area contributed by atoms with E-state index in [1.807, 2.05) is 30.3 Å². The van der Waals surface area contributed by atoms with Gasteiger partial charge < -0.3 is 0 Å². The zero-order valence-corrected chi connectivity index (χ0v) is 10.7. The highest BCUT2D eigenvalue weighted by Crippen LogP contribution is 2.21. The van der Waals surface area contributed by atoms with Crippen LogP contribution < -0.4 is 0 Å². The zero-order chi connectivity index (χ0) is 12.5. The molecule has 1 aromatic carbocycles. The average Bonchev–Trinajstić information content (AvgIpc) is 2.83. The van der Waals surface area contributed by atoms with Crippen molar-refractivity contribution in [2.24, 2.45) is 0 Å². The molecule has 0 atom stereocenters. The molecule has 0 saturated carbocycles. The number of hydrogen-bond acceptors (Lipinski definition) is 3. The fourth-order valence-corrected chi connectivity index (χ4v) is 2.18. The summed E-state index contributed by atoms with van der Waals surface area (Å²) in [4.78, 5) is 4.25. The molecule has 6 heteroatoms. The molecule has 0 N–H and O–H groups in total. The molecule has 3 aromatic rings. The van der Waals surface area contributed by atoms with Gasteiger partial charge in [-0.1, -0.05) is 28.9 Å². The summed E-state index contributed by atoms with van der Waals surface area (Å²) in [5.41, 5.74) is 2.54. The minimum atomic E-state index is 0.334. The zero-order valence-electron chi connectivity index (χ0n) is 9.22. The van der Waals surface area contributed by atoms with Gasteiger partial charge in [0.1, 0.15) is 5.52 Å². The van der Waals surface area contributed by atoms with Gasteiger partial charge in [0.2, 0.25) is 0 Å². The molecule has 3 rings (SSSR count). The number of nitrogens with zero attached hydrogens (tertiary/aromatic N) is 4. The number of pyridine rings is 1. The summed E-state index contributed by atoms with van der Waals surface area (Å²) >= 11 is 11.8. The second kappa shape index (κ2) is 4.55. The number of halogens is 2. The second-order valence-corrected chi connectivity index (χ2v) is 4.43. The fraction of sp³-hybridized carbons (Fsp3) is 0.0833. The van der Waals surface area contributed by atoms with Gasteiger partial charge >= 0.3 is 0 Å². The summed E-state index contributed by atoms with van der Waals surface area (Å²) in [5, 5.41) is 8.72. The van der Waals surface area contributed by atoms with Crippen LogP contribution in [0, 0.1) is 0 Å². The number of aromatic nitrogens is 4. The summed E-state index contributed by atoms with van der Waals surface area (Å²) in [6.07, 6.45) is 1.57. The van der Waals surface area contributed by atoms with Crippen molar-refractivity contribution in [3.05, 3.63) is 47.1 Å². The van der Waals surface area contributed by atoms with Crippen molar-refractivity contribution in [2.75, 3.05) is 0 Å². The van der Waals surface area contributed by atoms with Crippen LogP contribution in [0.3, 0.4) is 0 Å². The van der Waals surface area contributed by atoms with E-state index in [1.54, 1.807) is 10.9 Å². The SMILES string of the molecule is ClCc1cc(-n2nnc3ccccc32)ncc1Cl. The Bertz CT molecular complexity index is 708. The molecule has 0 aliphatic carbocycles. The Kier molecular flexibility index (Phi) is 2.89. The van der Waals surface area contributed by atoms with E-state index < -0.39 is 0 Å². The van der Waals surface area contributed by atoms with Gasteiger partial charge in [-0.25, -0.2) is 4.98 Å². The second-order valence-electron chi connectivity index (χ2n) is 3.76. The van der Waals surface area contributed by atoms with Crippen LogP contribution >= 0.6 is 23.2 Å². The van der Waals surface area contributed by atoms with Crippen molar-refractivity contribution in [3.8, 4) is 5.82 Å². The summed E-state index contributed by atoms with van der Waals surface area (Å²) in [6, 6.07) is 9.50. The molecule has 0 fully saturated rings. The normalized spacial score (nSPS) is 11.0. The van der Waals surface area contributed by atoms with Gasteiger partial charge in [0.15, 0.2) is 5.82 Å². The van der Waals surface area contributed by atoms with Gasteiger partial charge in [0.05, 0.1) is 10.5 Å². The minimum Gasteiger partial charge on any atom is -0.235 e. The van der Waals surface area contributed by atoms with E-state index in [0.717, 1.165) is 16.6 Å². The van der Waals surface area contributed by atoms with E-state index in [-0.39, 0.29) is 0 Å². The van der Waals surface area contributed by atoms with Crippen molar-refractivity contribution in [3.63, 3.8) is 0 Å². The first-order valence-electron chi connectivity index (χ1n) is 5.31. The highest BCUT2D eigenvalue weighted by atomic mass is 35.5. The van der Waals surface area contributed by atoms with Gasteiger partial charge in [-0.05, 0) is 23.8 Å². The first-order valence-corrected chi connectivity index (χ1v) is 6.22. The number of alkyl halides is 1. The number of hydrogen-bond donors (Lipinski definition) is 0. The molecule has 0 saturated heterocycles. The molecular weight excluding hydrogens is 271 g/mol. The van der Waals surface area contributed by atoms with Gasteiger partial charge in [0.25, 0.3) is 0 Å². The van der Waals surface area contributed by atoms with Gasteiger partial charge in [-0.2, -0.15) is 4.68 Å². The third-order valence-electron chi connectivity index (χ3n) is 2.63. The maximum atomic E-state index is 5.98. The lowest BCUT2D eigenvalue weighted by molar-refractivity contribution is 0.800. The Labute approximate surface area is 113 Å². The number of para-hydroxylation sites is 1. The molecule has 18 heavy (non-hydrogen) atoms. The minimum absolute atomic E-state index is 0.334. The quantitative estimate of drug-likeness (QED) is 0.676. The largest absolute Gasteiger partial charge is 0.235 e. The van der Waals surface area contributed by atoms with Crippen LogP contribution in [0.15, 0.2) is 36.5 Å².